The van der Waals surface area contributed by atoms with Crippen molar-refractivity contribution < 1.29 is 9.53 Å². The Hall–Kier alpha value is -1.71. The van der Waals surface area contributed by atoms with Crippen molar-refractivity contribution in [1.82, 2.24) is 0 Å². The third-order valence-electron chi connectivity index (χ3n) is 3.95. The molecule has 110 valence electrons. The molecule has 1 aromatic rings. The number of nitrogens with zero attached hydrogens (tertiary/aromatic N) is 2. The zero-order valence-electron chi connectivity index (χ0n) is 12.7. The average molecular weight is 276 g/mol. The van der Waals surface area contributed by atoms with Gasteiger partial charge in [-0.05, 0) is 44.9 Å². The zero-order valence-corrected chi connectivity index (χ0v) is 12.7. The molecule has 1 saturated heterocycles. The summed E-state index contributed by atoms with van der Waals surface area (Å²) in [5, 5.41) is 0. The minimum atomic E-state index is -0.272. The largest absolute Gasteiger partial charge is 0.465 e. The molecular formula is C16H24N2O2. The fraction of sp³-hybridized carbons (Fsp3) is 0.562. The first kappa shape index (κ1) is 14.7. The molecule has 1 aliphatic rings. The van der Waals surface area contributed by atoms with Crippen LogP contribution in [0.2, 0.25) is 0 Å². The summed E-state index contributed by atoms with van der Waals surface area (Å²) in [7, 11) is 1.42. The van der Waals surface area contributed by atoms with Crippen LogP contribution in [-0.4, -0.2) is 39.3 Å². The monoisotopic (exact) mass is 276 g/mol. The first-order valence-corrected chi connectivity index (χ1v) is 7.43. The van der Waals surface area contributed by atoms with Crippen LogP contribution in [0.3, 0.4) is 0 Å². The number of hydrogen-bond acceptors (Lipinski definition) is 4. The quantitative estimate of drug-likeness (QED) is 0.774. The minimum Gasteiger partial charge on any atom is -0.465 e. The van der Waals surface area contributed by atoms with E-state index >= 15 is 0 Å². The van der Waals surface area contributed by atoms with E-state index in [9.17, 15) is 4.79 Å². The number of carbonyl (C=O) groups excluding carboxylic acids is 1. The van der Waals surface area contributed by atoms with Gasteiger partial charge in [-0.25, -0.2) is 4.79 Å². The Morgan fingerprint density at radius 3 is 2.45 bits per heavy atom. The number of ether oxygens (including phenoxy) is 1. The van der Waals surface area contributed by atoms with E-state index < -0.39 is 0 Å². The third-order valence-corrected chi connectivity index (χ3v) is 3.95. The molecule has 0 atom stereocenters. The summed E-state index contributed by atoms with van der Waals surface area (Å²) in [6.07, 6.45) is 2.49. The summed E-state index contributed by atoms with van der Waals surface area (Å²) in [5.74, 6) is -0.272. The van der Waals surface area contributed by atoms with Gasteiger partial charge >= 0.3 is 5.97 Å². The Labute approximate surface area is 121 Å². The third kappa shape index (κ3) is 2.89. The first-order chi connectivity index (χ1) is 9.71. The van der Waals surface area contributed by atoms with Crippen LogP contribution in [0.4, 0.5) is 11.4 Å². The maximum absolute atomic E-state index is 11.7. The van der Waals surface area contributed by atoms with E-state index in [2.05, 4.69) is 29.7 Å². The zero-order chi connectivity index (χ0) is 14.5. The molecule has 0 N–H and O–H groups in total. The van der Waals surface area contributed by atoms with Crippen LogP contribution in [0.5, 0.6) is 0 Å². The van der Waals surface area contributed by atoms with E-state index in [1.807, 2.05) is 12.1 Å². The molecule has 0 spiro atoms. The van der Waals surface area contributed by atoms with Gasteiger partial charge in [0.2, 0.25) is 0 Å². The van der Waals surface area contributed by atoms with Crippen molar-refractivity contribution in [1.29, 1.82) is 0 Å². The molecule has 0 bridgehead atoms. The van der Waals surface area contributed by atoms with E-state index in [0.717, 1.165) is 31.9 Å². The topological polar surface area (TPSA) is 32.8 Å². The number of anilines is 2. The van der Waals surface area contributed by atoms with Crippen molar-refractivity contribution in [2.45, 2.75) is 26.7 Å². The van der Waals surface area contributed by atoms with Crippen molar-refractivity contribution in [2.24, 2.45) is 0 Å². The lowest BCUT2D eigenvalue weighted by Crippen LogP contribution is -2.27. The number of benzene rings is 1. The van der Waals surface area contributed by atoms with Gasteiger partial charge in [0, 0.05) is 26.2 Å². The molecule has 4 heteroatoms. The van der Waals surface area contributed by atoms with Crippen LogP contribution < -0.4 is 9.80 Å². The predicted molar refractivity (Wildman–Crippen MR) is 82.8 cm³/mol. The van der Waals surface area contributed by atoms with Gasteiger partial charge in [-0.1, -0.05) is 0 Å². The number of methoxy groups -OCH3 is 1. The van der Waals surface area contributed by atoms with Gasteiger partial charge in [-0.2, -0.15) is 0 Å². The maximum Gasteiger partial charge on any atom is 0.337 e. The molecule has 2 rings (SSSR count). The van der Waals surface area contributed by atoms with Crippen molar-refractivity contribution in [2.75, 3.05) is 43.1 Å². The summed E-state index contributed by atoms with van der Waals surface area (Å²) in [4.78, 5) is 16.4. The molecule has 0 saturated carbocycles. The second-order valence-corrected chi connectivity index (χ2v) is 5.06. The lowest BCUT2D eigenvalue weighted by atomic mass is 10.1. The van der Waals surface area contributed by atoms with Crippen LogP contribution in [-0.2, 0) is 4.74 Å². The van der Waals surface area contributed by atoms with E-state index in [4.69, 9.17) is 4.74 Å². The lowest BCUT2D eigenvalue weighted by molar-refractivity contribution is 0.0601. The first-order valence-electron chi connectivity index (χ1n) is 7.43. The van der Waals surface area contributed by atoms with E-state index in [1.165, 1.54) is 25.6 Å². The highest BCUT2D eigenvalue weighted by Crippen LogP contribution is 2.33. The van der Waals surface area contributed by atoms with Crippen molar-refractivity contribution >= 4 is 17.3 Å². The summed E-state index contributed by atoms with van der Waals surface area (Å²) in [5.41, 5.74) is 3.00. The van der Waals surface area contributed by atoms with E-state index in [0.29, 0.717) is 5.56 Å². The standard InChI is InChI=1S/C16H24N2O2/c1-4-17(5-2)15-12-13(16(19)20-3)8-9-14(15)18-10-6-7-11-18/h8-9,12H,4-7,10-11H2,1-3H3. The van der Waals surface area contributed by atoms with Crippen molar-refractivity contribution in [3.63, 3.8) is 0 Å². The fourth-order valence-electron chi connectivity index (χ4n) is 2.81. The number of rotatable bonds is 5. The Balaban J connectivity index is 2.41. The average Bonchev–Trinajstić information content (AvgIpc) is 3.01. The Kier molecular flexibility index (Phi) is 4.88. The Morgan fingerprint density at radius 1 is 1.25 bits per heavy atom. The Bertz CT molecular complexity index is 464. The molecule has 0 aliphatic carbocycles. The highest BCUT2D eigenvalue weighted by atomic mass is 16.5. The molecule has 0 radical (unpaired) electrons. The second kappa shape index (κ2) is 6.64. The molecule has 1 fully saturated rings. The summed E-state index contributed by atoms with van der Waals surface area (Å²) >= 11 is 0. The molecule has 0 amide bonds. The highest BCUT2D eigenvalue weighted by Gasteiger charge is 2.20. The van der Waals surface area contributed by atoms with Gasteiger partial charge in [0.25, 0.3) is 0 Å². The van der Waals surface area contributed by atoms with Gasteiger partial charge in [-0.15, -0.1) is 0 Å². The van der Waals surface area contributed by atoms with Gasteiger partial charge in [0.05, 0.1) is 24.0 Å². The van der Waals surface area contributed by atoms with Crippen LogP contribution in [0, 0.1) is 0 Å². The smallest absolute Gasteiger partial charge is 0.337 e. The number of esters is 1. The molecule has 0 aromatic heterocycles. The van der Waals surface area contributed by atoms with Gasteiger partial charge in [-0.3, -0.25) is 0 Å². The molecule has 1 aliphatic heterocycles. The highest BCUT2D eigenvalue weighted by molar-refractivity contribution is 5.92. The maximum atomic E-state index is 11.7. The minimum absolute atomic E-state index is 0.272. The fourth-order valence-corrected chi connectivity index (χ4v) is 2.81. The molecule has 0 unspecified atom stereocenters. The normalized spacial score (nSPS) is 14.4. The van der Waals surface area contributed by atoms with Crippen LogP contribution in [0.25, 0.3) is 0 Å². The van der Waals surface area contributed by atoms with Crippen molar-refractivity contribution in [3.05, 3.63) is 23.8 Å². The van der Waals surface area contributed by atoms with E-state index in [1.54, 1.807) is 0 Å². The summed E-state index contributed by atoms with van der Waals surface area (Å²) in [6, 6.07) is 5.89. The second-order valence-electron chi connectivity index (χ2n) is 5.06. The van der Waals surface area contributed by atoms with Crippen molar-refractivity contribution in [3.8, 4) is 0 Å². The Morgan fingerprint density at radius 2 is 1.90 bits per heavy atom. The molecular weight excluding hydrogens is 252 g/mol. The van der Waals surface area contributed by atoms with Gasteiger partial charge in [0.15, 0.2) is 0 Å². The number of hydrogen-bond donors (Lipinski definition) is 0. The summed E-state index contributed by atoms with van der Waals surface area (Å²) in [6.45, 7) is 8.35. The molecule has 4 nitrogen and oxygen atoms in total. The van der Waals surface area contributed by atoms with Gasteiger partial charge < -0.3 is 14.5 Å². The van der Waals surface area contributed by atoms with Crippen LogP contribution >= 0.6 is 0 Å². The molecule has 1 heterocycles. The van der Waals surface area contributed by atoms with Crippen LogP contribution in [0.1, 0.15) is 37.0 Å². The lowest BCUT2D eigenvalue weighted by Gasteiger charge is -2.29. The molecule has 1 aromatic carbocycles. The predicted octanol–water partition coefficient (Wildman–Crippen LogP) is 2.92. The number of carbonyl (C=O) groups is 1. The summed E-state index contributed by atoms with van der Waals surface area (Å²) < 4.78 is 4.83. The van der Waals surface area contributed by atoms with Gasteiger partial charge in [0.1, 0.15) is 0 Å². The molecule has 20 heavy (non-hydrogen) atoms. The van der Waals surface area contributed by atoms with Crippen LogP contribution in [0.15, 0.2) is 18.2 Å². The van der Waals surface area contributed by atoms with E-state index in [-0.39, 0.29) is 5.97 Å². The SMILES string of the molecule is CCN(CC)c1cc(C(=O)OC)ccc1N1CCCC1.